The van der Waals surface area contributed by atoms with Crippen LogP contribution in [0.15, 0.2) is 0 Å². The van der Waals surface area contributed by atoms with Crippen molar-refractivity contribution in [3.8, 4) is 0 Å². The molecule has 3 heterocycles. The molecular weight excluding hydrogens is 186 g/mol. The smallest absolute Gasteiger partial charge is 0.0487 e. The van der Waals surface area contributed by atoms with Gasteiger partial charge in [0, 0.05) is 18.6 Å². The minimum absolute atomic E-state index is 0.292. The van der Waals surface area contributed by atoms with Crippen molar-refractivity contribution < 1.29 is 0 Å². The van der Waals surface area contributed by atoms with E-state index in [2.05, 4.69) is 23.6 Å². The second kappa shape index (κ2) is 4.40. The van der Waals surface area contributed by atoms with E-state index >= 15 is 0 Å². The quantitative estimate of drug-likeness (QED) is 0.745. The van der Waals surface area contributed by atoms with Crippen molar-refractivity contribution in [1.82, 2.24) is 9.80 Å². The lowest BCUT2D eigenvalue weighted by atomic mass is 9.71. The monoisotopic (exact) mass is 211 g/mol. The van der Waals surface area contributed by atoms with Crippen molar-refractivity contribution in [3.63, 3.8) is 0 Å². The number of nitrogens with two attached hydrogens (primary N) is 1. The second-order valence-corrected chi connectivity index (χ2v) is 5.03. The first-order chi connectivity index (χ1) is 7.26. The maximum atomic E-state index is 6.11. The SMILES string of the molecule is CCN(CC)C1(CN)CN2CCC1CC2. The number of hydrogen-bond acceptors (Lipinski definition) is 3. The van der Waals surface area contributed by atoms with Gasteiger partial charge in [-0.3, -0.25) is 4.90 Å². The van der Waals surface area contributed by atoms with E-state index in [-0.39, 0.29) is 0 Å². The summed E-state index contributed by atoms with van der Waals surface area (Å²) < 4.78 is 0. The molecule has 0 aliphatic carbocycles. The highest BCUT2D eigenvalue weighted by Gasteiger charge is 2.48. The molecule has 3 rings (SSSR count). The molecule has 3 heteroatoms. The lowest BCUT2D eigenvalue weighted by molar-refractivity contribution is -0.0631. The number of piperidine rings is 3. The van der Waals surface area contributed by atoms with Crippen LogP contribution in [0.25, 0.3) is 0 Å². The Morgan fingerprint density at radius 2 is 1.87 bits per heavy atom. The first-order valence-corrected chi connectivity index (χ1v) is 6.44. The molecule has 3 nitrogen and oxygen atoms in total. The highest BCUT2D eigenvalue weighted by Crippen LogP contribution is 2.38. The Bertz CT molecular complexity index is 203. The maximum absolute atomic E-state index is 6.11. The summed E-state index contributed by atoms with van der Waals surface area (Å²) in [5.74, 6) is 0.840. The fourth-order valence-corrected chi connectivity index (χ4v) is 3.72. The van der Waals surface area contributed by atoms with E-state index in [1.165, 1.54) is 32.5 Å². The normalized spacial score (nSPS) is 40.0. The summed E-state index contributed by atoms with van der Waals surface area (Å²) in [4.78, 5) is 5.20. The van der Waals surface area contributed by atoms with E-state index in [0.29, 0.717) is 5.54 Å². The van der Waals surface area contributed by atoms with E-state index in [0.717, 1.165) is 25.6 Å². The van der Waals surface area contributed by atoms with Crippen LogP contribution in [0.1, 0.15) is 26.7 Å². The molecular formula is C12H25N3. The fraction of sp³-hybridized carbons (Fsp3) is 1.00. The van der Waals surface area contributed by atoms with Gasteiger partial charge in [0.2, 0.25) is 0 Å². The van der Waals surface area contributed by atoms with Crippen LogP contribution in [0.3, 0.4) is 0 Å². The molecule has 1 unspecified atom stereocenters. The number of likely N-dealkylation sites (N-methyl/N-ethyl adjacent to an activating group) is 1. The molecule has 3 aliphatic rings. The molecule has 3 saturated heterocycles. The van der Waals surface area contributed by atoms with Gasteiger partial charge in [-0.15, -0.1) is 0 Å². The van der Waals surface area contributed by atoms with Crippen molar-refractivity contribution in [3.05, 3.63) is 0 Å². The molecule has 0 saturated carbocycles. The van der Waals surface area contributed by atoms with Crippen LogP contribution in [0.4, 0.5) is 0 Å². The molecule has 2 N–H and O–H groups in total. The summed E-state index contributed by atoms with van der Waals surface area (Å²) in [6, 6.07) is 0. The van der Waals surface area contributed by atoms with E-state index in [9.17, 15) is 0 Å². The van der Waals surface area contributed by atoms with Crippen LogP contribution in [-0.2, 0) is 0 Å². The summed E-state index contributed by atoms with van der Waals surface area (Å²) in [5.41, 5.74) is 6.40. The van der Waals surface area contributed by atoms with E-state index < -0.39 is 0 Å². The van der Waals surface area contributed by atoms with Crippen molar-refractivity contribution in [2.75, 3.05) is 39.3 Å². The fourth-order valence-electron chi connectivity index (χ4n) is 3.72. The minimum atomic E-state index is 0.292. The predicted octanol–water partition coefficient (Wildman–Crippen LogP) is 0.751. The standard InChI is InChI=1S/C12H25N3/c1-3-15(4-2)12(9-13)10-14-7-5-11(12)6-8-14/h11H,3-10,13H2,1-2H3. The zero-order chi connectivity index (χ0) is 10.9. The first-order valence-electron chi connectivity index (χ1n) is 6.44. The Labute approximate surface area is 93.6 Å². The number of hydrogen-bond donors (Lipinski definition) is 1. The van der Waals surface area contributed by atoms with Crippen LogP contribution in [0.5, 0.6) is 0 Å². The first kappa shape index (κ1) is 11.4. The zero-order valence-electron chi connectivity index (χ0n) is 10.2. The molecule has 0 aromatic rings. The molecule has 15 heavy (non-hydrogen) atoms. The van der Waals surface area contributed by atoms with Crippen molar-refractivity contribution in [2.24, 2.45) is 11.7 Å². The van der Waals surface area contributed by atoms with Crippen molar-refractivity contribution in [1.29, 1.82) is 0 Å². The Kier molecular flexibility index (Phi) is 3.33. The highest BCUT2D eigenvalue weighted by molar-refractivity contribution is 5.05. The molecule has 1 atom stereocenters. The van der Waals surface area contributed by atoms with Crippen LogP contribution < -0.4 is 5.73 Å². The summed E-state index contributed by atoms with van der Waals surface area (Å²) in [5, 5.41) is 0. The Balaban J connectivity index is 2.20. The van der Waals surface area contributed by atoms with Gasteiger partial charge in [-0.2, -0.15) is 0 Å². The Morgan fingerprint density at radius 3 is 2.20 bits per heavy atom. The molecule has 3 fully saturated rings. The van der Waals surface area contributed by atoms with Gasteiger partial charge in [0.05, 0.1) is 0 Å². The molecule has 0 spiro atoms. The molecule has 0 aromatic heterocycles. The summed E-state index contributed by atoms with van der Waals surface area (Å²) >= 11 is 0. The third kappa shape index (κ3) is 1.71. The lowest BCUT2D eigenvalue weighted by Crippen LogP contribution is -2.69. The topological polar surface area (TPSA) is 32.5 Å². The molecule has 88 valence electrons. The molecule has 3 aliphatic heterocycles. The largest absolute Gasteiger partial charge is 0.329 e. The number of rotatable bonds is 4. The van der Waals surface area contributed by atoms with Crippen LogP contribution in [-0.4, -0.2) is 54.6 Å². The van der Waals surface area contributed by atoms with E-state index in [1.807, 2.05) is 0 Å². The van der Waals surface area contributed by atoms with Gasteiger partial charge in [-0.1, -0.05) is 13.8 Å². The van der Waals surface area contributed by atoms with Gasteiger partial charge < -0.3 is 10.6 Å². The molecule has 2 bridgehead atoms. The molecule has 0 radical (unpaired) electrons. The van der Waals surface area contributed by atoms with Crippen molar-refractivity contribution >= 4 is 0 Å². The highest BCUT2D eigenvalue weighted by atomic mass is 15.3. The van der Waals surface area contributed by atoms with Crippen LogP contribution in [0, 0.1) is 5.92 Å². The predicted molar refractivity (Wildman–Crippen MR) is 63.9 cm³/mol. The summed E-state index contributed by atoms with van der Waals surface area (Å²) in [6.07, 6.45) is 2.71. The van der Waals surface area contributed by atoms with Gasteiger partial charge in [0.1, 0.15) is 0 Å². The maximum Gasteiger partial charge on any atom is 0.0487 e. The zero-order valence-corrected chi connectivity index (χ0v) is 10.2. The van der Waals surface area contributed by atoms with Crippen LogP contribution in [0.2, 0.25) is 0 Å². The van der Waals surface area contributed by atoms with Gasteiger partial charge in [0.15, 0.2) is 0 Å². The molecule has 0 aromatic carbocycles. The number of nitrogens with zero attached hydrogens (tertiary/aromatic N) is 2. The minimum Gasteiger partial charge on any atom is -0.329 e. The van der Waals surface area contributed by atoms with Gasteiger partial charge in [0.25, 0.3) is 0 Å². The van der Waals surface area contributed by atoms with Crippen molar-refractivity contribution in [2.45, 2.75) is 32.2 Å². The Hall–Kier alpha value is -0.120. The van der Waals surface area contributed by atoms with Gasteiger partial charge in [-0.25, -0.2) is 0 Å². The summed E-state index contributed by atoms with van der Waals surface area (Å²) in [7, 11) is 0. The van der Waals surface area contributed by atoms with E-state index in [4.69, 9.17) is 5.73 Å². The van der Waals surface area contributed by atoms with Crippen LogP contribution >= 0.6 is 0 Å². The average Bonchev–Trinajstić information content (AvgIpc) is 2.32. The third-order valence-electron chi connectivity index (χ3n) is 4.59. The molecule has 0 amide bonds. The van der Waals surface area contributed by atoms with Gasteiger partial charge in [-0.05, 0) is 44.9 Å². The lowest BCUT2D eigenvalue weighted by Gasteiger charge is -2.57. The number of fused-ring (bicyclic) bond motifs is 3. The third-order valence-corrected chi connectivity index (χ3v) is 4.59. The Morgan fingerprint density at radius 1 is 1.27 bits per heavy atom. The van der Waals surface area contributed by atoms with E-state index in [1.54, 1.807) is 0 Å². The van der Waals surface area contributed by atoms with Gasteiger partial charge >= 0.3 is 0 Å². The second-order valence-electron chi connectivity index (χ2n) is 5.03. The average molecular weight is 211 g/mol. The summed E-state index contributed by atoms with van der Waals surface area (Å²) in [6.45, 7) is 11.4.